The predicted molar refractivity (Wildman–Crippen MR) is 127 cm³/mol. The third-order valence-corrected chi connectivity index (χ3v) is 6.67. The van der Waals surface area contributed by atoms with Crippen molar-refractivity contribution in [1.82, 2.24) is 19.9 Å². The van der Waals surface area contributed by atoms with Gasteiger partial charge in [-0.1, -0.05) is 53.2 Å². The molecule has 0 saturated heterocycles. The van der Waals surface area contributed by atoms with Crippen LogP contribution in [0.4, 0.5) is 13.2 Å². The normalized spacial score (nSPS) is 11.7. The molecule has 0 bridgehead atoms. The maximum Gasteiger partial charge on any atom is 0.426 e. The van der Waals surface area contributed by atoms with Crippen molar-refractivity contribution < 1.29 is 27.6 Å². The van der Waals surface area contributed by atoms with E-state index in [4.69, 9.17) is 21.2 Å². The average molecular weight is 531 g/mol. The van der Waals surface area contributed by atoms with E-state index in [9.17, 15) is 18.0 Å². The van der Waals surface area contributed by atoms with Gasteiger partial charge in [0.1, 0.15) is 4.88 Å². The minimum atomic E-state index is -4.55. The second-order valence-electron chi connectivity index (χ2n) is 7.66. The number of rotatable bonds is 6. The number of thiophene rings is 1. The highest BCUT2D eigenvalue weighted by Gasteiger charge is 2.37. The SMILES string of the molecule is O=C(O)c1ccn(Cc2ccc(-c3noc(-c4cc(-c5ccccc5)c(C(F)(F)F)s4)n3)c(Cl)c2)n1. The zero-order valence-electron chi connectivity index (χ0n) is 18.0. The summed E-state index contributed by atoms with van der Waals surface area (Å²) in [6.45, 7) is 0.280. The Morgan fingerprint density at radius 2 is 1.86 bits per heavy atom. The van der Waals surface area contributed by atoms with Gasteiger partial charge in [-0.3, -0.25) is 4.68 Å². The fourth-order valence-electron chi connectivity index (χ4n) is 3.56. The van der Waals surface area contributed by atoms with E-state index >= 15 is 0 Å². The van der Waals surface area contributed by atoms with Crippen LogP contribution in [-0.2, 0) is 12.7 Å². The van der Waals surface area contributed by atoms with Gasteiger partial charge in [-0.25, -0.2) is 4.79 Å². The van der Waals surface area contributed by atoms with Crippen molar-refractivity contribution >= 4 is 28.9 Å². The van der Waals surface area contributed by atoms with Crippen LogP contribution >= 0.6 is 22.9 Å². The number of aromatic nitrogens is 4. The molecule has 0 amide bonds. The van der Waals surface area contributed by atoms with Gasteiger partial charge in [0.25, 0.3) is 5.89 Å². The number of alkyl halides is 3. The van der Waals surface area contributed by atoms with Crippen LogP contribution in [0, 0.1) is 0 Å². The van der Waals surface area contributed by atoms with Crippen LogP contribution in [0.25, 0.3) is 33.3 Å². The minimum absolute atomic E-state index is 0.0370. The molecule has 5 aromatic rings. The van der Waals surface area contributed by atoms with Crippen LogP contribution in [0.5, 0.6) is 0 Å². The van der Waals surface area contributed by atoms with Gasteiger partial charge >= 0.3 is 12.1 Å². The molecule has 36 heavy (non-hydrogen) atoms. The van der Waals surface area contributed by atoms with Crippen molar-refractivity contribution in [3.8, 4) is 33.3 Å². The quantitative estimate of drug-likeness (QED) is 0.261. The maximum atomic E-state index is 13.7. The molecule has 0 aliphatic rings. The van der Waals surface area contributed by atoms with Crippen molar-refractivity contribution in [1.29, 1.82) is 0 Å². The lowest BCUT2D eigenvalue weighted by Gasteiger charge is -2.07. The molecule has 2 aromatic carbocycles. The fraction of sp³-hybridized carbons (Fsp3) is 0.0833. The van der Waals surface area contributed by atoms with E-state index in [0.29, 0.717) is 22.5 Å². The highest BCUT2D eigenvalue weighted by molar-refractivity contribution is 7.16. The van der Waals surface area contributed by atoms with E-state index in [-0.39, 0.29) is 39.4 Å². The van der Waals surface area contributed by atoms with Crippen LogP contribution in [0.15, 0.2) is 71.4 Å². The highest BCUT2D eigenvalue weighted by atomic mass is 35.5. The summed E-state index contributed by atoms with van der Waals surface area (Å²) in [5.41, 5.74) is 1.56. The molecule has 182 valence electrons. The maximum absolute atomic E-state index is 13.7. The first kappa shape index (κ1) is 23.8. The molecule has 3 aromatic heterocycles. The van der Waals surface area contributed by atoms with Gasteiger partial charge in [0.2, 0.25) is 5.82 Å². The van der Waals surface area contributed by atoms with Gasteiger partial charge in [-0.2, -0.15) is 23.3 Å². The Morgan fingerprint density at radius 1 is 1.08 bits per heavy atom. The molecule has 7 nitrogen and oxygen atoms in total. The zero-order valence-corrected chi connectivity index (χ0v) is 19.6. The van der Waals surface area contributed by atoms with Crippen LogP contribution < -0.4 is 0 Å². The monoisotopic (exact) mass is 530 g/mol. The Morgan fingerprint density at radius 3 is 2.53 bits per heavy atom. The number of nitrogens with zero attached hydrogens (tertiary/aromatic N) is 4. The van der Waals surface area contributed by atoms with Crippen molar-refractivity contribution in [2.75, 3.05) is 0 Å². The number of carboxylic acids is 1. The van der Waals surface area contributed by atoms with E-state index in [1.807, 2.05) is 0 Å². The lowest BCUT2D eigenvalue weighted by molar-refractivity contribution is -0.133. The van der Waals surface area contributed by atoms with E-state index in [0.717, 1.165) is 5.56 Å². The number of hydrogen-bond acceptors (Lipinski definition) is 6. The summed E-state index contributed by atoms with van der Waals surface area (Å²) in [5.74, 6) is -1.06. The third kappa shape index (κ3) is 4.75. The van der Waals surface area contributed by atoms with Crippen LogP contribution in [0.2, 0.25) is 5.02 Å². The molecule has 1 N–H and O–H groups in total. The smallest absolute Gasteiger partial charge is 0.426 e. The van der Waals surface area contributed by atoms with E-state index in [1.54, 1.807) is 48.5 Å². The number of halogens is 4. The molecule has 0 spiro atoms. The molecule has 0 radical (unpaired) electrons. The first-order valence-electron chi connectivity index (χ1n) is 10.3. The summed E-state index contributed by atoms with van der Waals surface area (Å²) in [6, 6.07) is 16.1. The van der Waals surface area contributed by atoms with Crippen LogP contribution in [0.1, 0.15) is 20.9 Å². The van der Waals surface area contributed by atoms with Gasteiger partial charge < -0.3 is 9.63 Å². The van der Waals surface area contributed by atoms with Crippen LogP contribution in [0.3, 0.4) is 0 Å². The lowest BCUT2D eigenvalue weighted by atomic mass is 10.1. The van der Waals surface area contributed by atoms with E-state index in [1.165, 1.54) is 23.0 Å². The Bertz CT molecular complexity index is 1560. The predicted octanol–water partition coefficient (Wildman–Crippen LogP) is 6.75. The molecule has 0 atom stereocenters. The topological polar surface area (TPSA) is 94.0 Å². The second kappa shape index (κ2) is 9.25. The van der Waals surface area contributed by atoms with Gasteiger partial charge in [-0.15, -0.1) is 11.3 Å². The molecule has 3 heterocycles. The number of hydrogen-bond donors (Lipinski definition) is 1. The molecule has 0 saturated carbocycles. The fourth-order valence-corrected chi connectivity index (χ4v) is 4.82. The van der Waals surface area contributed by atoms with Crippen molar-refractivity contribution in [2.24, 2.45) is 0 Å². The summed E-state index contributed by atoms with van der Waals surface area (Å²) in [5, 5.41) is 17.1. The van der Waals surface area contributed by atoms with Gasteiger partial charge in [-0.05, 0) is 35.4 Å². The van der Waals surface area contributed by atoms with E-state index < -0.39 is 17.0 Å². The Hall–Kier alpha value is -3.96. The minimum Gasteiger partial charge on any atom is -0.476 e. The molecule has 12 heteroatoms. The number of benzene rings is 2. The molecule has 0 aliphatic heterocycles. The second-order valence-corrected chi connectivity index (χ2v) is 9.12. The van der Waals surface area contributed by atoms with Crippen LogP contribution in [-0.4, -0.2) is 31.0 Å². The molecular weight excluding hydrogens is 517 g/mol. The lowest BCUT2D eigenvalue weighted by Crippen LogP contribution is -2.04. The first-order chi connectivity index (χ1) is 17.2. The van der Waals surface area contributed by atoms with Crippen molar-refractivity contribution in [3.63, 3.8) is 0 Å². The number of aromatic carboxylic acids is 1. The van der Waals surface area contributed by atoms with E-state index in [2.05, 4.69) is 15.2 Å². The summed E-state index contributed by atoms with van der Waals surface area (Å²) in [7, 11) is 0. The zero-order chi connectivity index (χ0) is 25.4. The Labute approximate surface area is 210 Å². The van der Waals surface area contributed by atoms with Crippen molar-refractivity contribution in [3.05, 3.63) is 88.0 Å². The summed E-state index contributed by atoms with van der Waals surface area (Å²) < 4.78 is 47.9. The standard InChI is InChI=1S/C24H14ClF3N4O3S/c25-17-10-13(12-32-9-8-18(30-32)23(33)34)6-7-15(17)21-29-22(35-31-21)19-11-16(14-4-2-1-3-5-14)20(36-19)24(26,27)28/h1-11H,12H2,(H,33,34). The molecule has 0 fully saturated rings. The molecule has 0 unspecified atom stereocenters. The molecule has 0 aliphatic carbocycles. The average Bonchev–Trinajstić information content (AvgIpc) is 3.59. The summed E-state index contributed by atoms with van der Waals surface area (Å²) >= 11 is 6.95. The van der Waals surface area contributed by atoms with Crippen molar-refractivity contribution in [2.45, 2.75) is 12.7 Å². The summed E-state index contributed by atoms with van der Waals surface area (Å²) in [6.07, 6.45) is -3.01. The number of carbonyl (C=O) groups is 1. The molecule has 5 rings (SSSR count). The van der Waals surface area contributed by atoms with Gasteiger partial charge in [0, 0.05) is 17.3 Å². The first-order valence-corrected chi connectivity index (χ1v) is 11.5. The Kier molecular flexibility index (Phi) is 6.10. The van der Waals surface area contributed by atoms with Gasteiger partial charge in [0.15, 0.2) is 5.69 Å². The number of carboxylic acid groups (broad SMARTS) is 1. The largest absolute Gasteiger partial charge is 0.476 e. The Balaban J connectivity index is 1.43. The third-order valence-electron chi connectivity index (χ3n) is 5.19. The highest BCUT2D eigenvalue weighted by Crippen LogP contribution is 2.45. The summed E-state index contributed by atoms with van der Waals surface area (Å²) in [4.78, 5) is 14.7. The van der Waals surface area contributed by atoms with Gasteiger partial charge in [0.05, 0.1) is 16.4 Å². The molecular formula is C24H14ClF3N4O3S.